The van der Waals surface area contributed by atoms with Crippen molar-refractivity contribution in [2.45, 2.75) is 37.4 Å². The Kier molecular flexibility index (Phi) is 7.41. The molecule has 0 bridgehead atoms. The van der Waals surface area contributed by atoms with Crippen molar-refractivity contribution in [3.05, 3.63) is 90.0 Å². The Morgan fingerprint density at radius 2 is 1.59 bits per heavy atom. The third-order valence-corrected chi connectivity index (χ3v) is 5.82. The van der Waals surface area contributed by atoms with E-state index in [1.165, 1.54) is 5.56 Å². The Morgan fingerprint density at radius 3 is 2.12 bits per heavy atom. The van der Waals surface area contributed by atoms with E-state index in [1.54, 1.807) is 0 Å². The van der Waals surface area contributed by atoms with Crippen LogP contribution in [0.5, 0.6) is 0 Å². The number of aliphatic carboxylic acids is 1. The lowest BCUT2D eigenvalue weighted by atomic mass is 10.0. The van der Waals surface area contributed by atoms with Crippen LogP contribution in [0.15, 0.2) is 78.9 Å². The van der Waals surface area contributed by atoms with Gasteiger partial charge in [0.05, 0.1) is 0 Å². The van der Waals surface area contributed by atoms with Crippen LogP contribution >= 0.6 is 0 Å². The minimum atomic E-state index is -5.08. The third-order valence-electron chi connectivity index (χ3n) is 5.82. The van der Waals surface area contributed by atoms with Gasteiger partial charge in [0.15, 0.2) is 0 Å². The van der Waals surface area contributed by atoms with Crippen molar-refractivity contribution in [3.63, 3.8) is 0 Å². The SMILES string of the molecule is CCC1(N)CC1c1ccc(NC(=O)c2cccc(-c3ccccc3)c2)cc1.O=C(O)C(F)(F)F. The molecule has 4 rings (SSSR count). The fourth-order valence-electron chi connectivity index (χ4n) is 3.63. The second-order valence-electron chi connectivity index (χ2n) is 8.17. The molecule has 0 heterocycles. The second kappa shape index (κ2) is 10.1. The molecule has 34 heavy (non-hydrogen) atoms. The van der Waals surface area contributed by atoms with Gasteiger partial charge in [-0.2, -0.15) is 13.2 Å². The van der Waals surface area contributed by atoms with Crippen LogP contribution in [0, 0.1) is 0 Å². The van der Waals surface area contributed by atoms with E-state index in [-0.39, 0.29) is 11.4 Å². The number of carbonyl (C=O) groups excluding carboxylic acids is 1. The minimum absolute atomic E-state index is 0.0390. The lowest BCUT2D eigenvalue weighted by molar-refractivity contribution is -0.192. The Labute approximate surface area is 195 Å². The van der Waals surface area contributed by atoms with Crippen molar-refractivity contribution in [1.82, 2.24) is 0 Å². The number of nitrogens with two attached hydrogens (primary N) is 1. The molecule has 8 heteroatoms. The molecule has 2 atom stereocenters. The van der Waals surface area contributed by atoms with E-state index in [2.05, 4.69) is 24.4 Å². The summed E-state index contributed by atoms with van der Waals surface area (Å²) in [5.41, 5.74) is 11.1. The van der Waals surface area contributed by atoms with Gasteiger partial charge in [-0.3, -0.25) is 4.79 Å². The van der Waals surface area contributed by atoms with E-state index in [0.717, 1.165) is 29.7 Å². The van der Waals surface area contributed by atoms with Crippen LogP contribution in [0.4, 0.5) is 18.9 Å². The van der Waals surface area contributed by atoms with Crippen molar-refractivity contribution in [2.24, 2.45) is 5.73 Å². The molecule has 5 nitrogen and oxygen atoms in total. The number of nitrogens with one attached hydrogen (secondary N) is 1. The zero-order chi connectivity index (χ0) is 24.9. The zero-order valence-electron chi connectivity index (χ0n) is 18.5. The first-order valence-electron chi connectivity index (χ1n) is 10.7. The molecular weight excluding hydrogens is 445 g/mol. The maximum Gasteiger partial charge on any atom is 0.490 e. The van der Waals surface area contributed by atoms with E-state index in [1.807, 2.05) is 66.7 Å². The summed E-state index contributed by atoms with van der Waals surface area (Å²) in [7, 11) is 0. The molecule has 1 aliphatic rings. The topological polar surface area (TPSA) is 92.4 Å². The number of carboxylic acids is 1. The molecule has 3 aromatic rings. The van der Waals surface area contributed by atoms with Gasteiger partial charge in [0.1, 0.15) is 0 Å². The summed E-state index contributed by atoms with van der Waals surface area (Å²) in [4.78, 5) is 21.5. The standard InChI is InChI=1S/C24H24N2O.C2HF3O2/c1-2-24(25)16-22(24)18-11-13-21(14-12-18)26-23(27)20-10-6-9-19(15-20)17-7-4-3-5-8-17;3-2(4,5)1(6)7/h3-15,22H,2,16,25H2,1H3,(H,26,27);(H,6,7). The van der Waals surface area contributed by atoms with Gasteiger partial charge in [0, 0.05) is 22.7 Å². The molecule has 1 saturated carbocycles. The third kappa shape index (κ3) is 6.23. The van der Waals surface area contributed by atoms with Crippen LogP contribution in [0.2, 0.25) is 0 Å². The average Bonchev–Trinajstić information content (AvgIpc) is 3.52. The van der Waals surface area contributed by atoms with Gasteiger partial charge in [-0.15, -0.1) is 0 Å². The van der Waals surface area contributed by atoms with Crippen molar-refractivity contribution in [3.8, 4) is 11.1 Å². The van der Waals surface area contributed by atoms with Gasteiger partial charge in [0.2, 0.25) is 0 Å². The lowest BCUT2D eigenvalue weighted by Gasteiger charge is -2.10. The number of benzene rings is 3. The minimum Gasteiger partial charge on any atom is -0.475 e. The number of rotatable bonds is 5. The fourth-order valence-corrected chi connectivity index (χ4v) is 3.63. The van der Waals surface area contributed by atoms with Gasteiger partial charge >= 0.3 is 12.1 Å². The van der Waals surface area contributed by atoms with Crippen molar-refractivity contribution >= 4 is 17.6 Å². The first-order chi connectivity index (χ1) is 16.0. The highest BCUT2D eigenvalue weighted by Crippen LogP contribution is 2.51. The Morgan fingerprint density at radius 1 is 1.00 bits per heavy atom. The summed E-state index contributed by atoms with van der Waals surface area (Å²) in [6.45, 7) is 2.14. The molecule has 2 unspecified atom stereocenters. The molecule has 1 aliphatic carbocycles. The number of carbonyl (C=O) groups is 2. The molecule has 0 aromatic heterocycles. The van der Waals surface area contributed by atoms with Crippen molar-refractivity contribution in [1.29, 1.82) is 0 Å². The molecule has 0 saturated heterocycles. The van der Waals surface area contributed by atoms with Crippen molar-refractivity contribution in [2.75, 3.05) is 5.32 Å². The quantitative estimate of drug-likeness (QED) is 0.437. The highest BCUT2D eigenvalue weighted by molar-refractivity contribution is 6.05. The summed E-state index contributed by atoms with van der Waals surface area (Å²) in [6, 6.07) is 25.8. The monoisotopic (exact) mass is 470 g/mol. The normalized spacial score (nSPS) is 18.9. The van der Waals surface area contributed by atoms with E-state index < -0.39 is 12.1 Å². The zero-order valence-corrected chi connectivity index (χ0v) is 18.5. The van der Waals surface area contributed by atoms with E-state index in [9.17, 15) is 18.0 Å². The summed E-state index contributed by atoms with van der Waals surface area (Å²) >= 11 is 0. The number of hydrogen-bond acceptors (Lipinski definition) is 3. The molecular formula is C26H25F3N2O3. The molecule has 0 spiro atoms. The Balaban J connectivity index is 0.000000406. The second-order valence-corrected chi connectivity index (χ2v) is 8.17. The summed E-state index contributed by atoms with van der Waals surface area (Å²) in [6.07, 6.45) is -3.05. The van der Waals surface area contributed by atoms with Crippen molar-refractivity contribution < 1.29 is 27.9 Å². The molecule has 3 aromatic carbocycles. The molecule has 4 N–H and O–H groups in total. The van der Waals surface area contributed by atoms with Gasteiger partial charge in [-0.05, 0) is 53.8 Å². The molecule has 1 fully saturated rings. The number of amides is 1. The highest BCUT2D eigenvalue weighted by Gasteiger charge is 2.49. The number of alkyl halides is 3. The lowest BCUT2D eigenvalue weighted by Crippen LogP contribution is -2.22. The molecule has 1 amide bonds. The van der Waals surface area contributed by atoms with E-state index in [0.29, 0.717) is 11.5 Å². The predicted octanol–water partition coefficient (Wildman–Crippen LogP) is 5.83. The number of anilines is 1. The number of carboxylic acid groups (broad SMARTS) is 1. The number of hydrogen-bond donors (Lipinski definition) is 3. The summed E-state index contributed by atoms with van der Waals surface area (Å²) < 4.78 is 31.7. The summed E-state index contributed by atoms with van der Waals surface area (Å²) in [5, 5.41) is 10.1. The van der Waals surface area contributed by atoms with Crippen LogP contribution in [-0.2, 0) is 4.79 Å². The fraction of sp³-hybridized carbons (Fsp3) is 0.231. The van der Waals surface area contributed by atoms with Crippen LogP contribution in [0.25, 0.3) is 11.1 Å². The van der Waals surface area contributed by atoms with Crippen LogP contribution in [0.3, 0.4) is 0 Å². The number of halogens is 3. The molecule has 178 valence electrons. The van der Waals surface area contributed by atoms with E-state index >= 15 is 0 Å². The Bertz CT molecular complexity index is 1150. The first-order valence-corrected chi connectivity index (χ1v) is 10.7. The van der Waals surface area contributed by atoms with Gasteiger partial charge in [-0.1, -0.05) is 61.5 Å². The maximum absolute atomic E-state index is 12.6. The predicted molar refractivity (Wildman–Crippen MR) is 125 cm³/mol. The Hall–Kier alpha value is -3.65. The largest absolute Gasteiger partial charge is 0.490 e. The van der Waals surface area contributed by atoms with Crippen LogP contribution in [-0.4, -0.2) is 28.7 Å². The summed E-state index contributed by atoms with van der Waals surface area (Å²) in [5.74, 6) is -2.42. The van der Waals surface area contributed by atoms with Gasteiger partial charge in [0.25, 0.3) is 5.91 Å². The molecule has 0 aliphatic heterocycles. The van der Waals surface area contributed by atoms with E-state index in [4.69, 9.17) is 15.6 Å². The average molecular weight is 470 g/mol. The van der Waals surface area contributed by atoms with Crippen LogP contribution in [0.1, 0.15) is 41.6 Å². The highest BCUT2D eigenvalue weighted by atomic mass is 19.4. The van der Waals surface area contributed by atoms with Gasteiger partial charge in [-0.25, -0.2) is 4.79 Å². The maximum atomic E-state index is 12.6. The molecule has 0 radical (unpaired) electrons. The van der Waals surface area contributed by atoms with Gasteiger partial charge < -0.3 is 16.2 Å². The smallest absolute Gasteiger partial charge is 0.475 e. The van der Waals surface area contributed by atoms with Crippen LogP contribution < -0.4 is 11.1 Å². The first kappa shape index (κ1) is 25.0.